The van der Waals surface area contributed by atoms with Gasteiger partial charge >= 0.3 is 0 Å². The van der Waals surface area contributed by atoms with Crippen molar-refractivity contribution in [3.8, 4) is 5.75 Å². The Morgan fingerprint density at radius 3 is 2.95 bits per heavy atom. The molecule has 0 aliphatic carbocycles. The molecule has 0 fully saturated rings. The van der Waals surface area contributed by atoms with Crippen LogP contribution in [0.3, 0.4) is 0 Å². The number of halogens is 1. The summed E-state index contributed by atoms with van der Waals surface area (Å²) in [5.74, 6) is 1.31. The standard InChI is InChI=1S/C14H17BrN2OS/c1-10(14-17-5-6-19-14)8-16-9-11-3-4-13(18-2)12(15)7-11/h3-7,10,16H,8-9H2,1-2H3. The van der Waals surface area contributed by atoms with Crippen LogP contribution in [0.25, 0.3) is 0 Å². The van der Waals surface area contributed by atoms with Crippen molar-refractivity contribution in [1.29, 1.82) is 0 Å². The molecule has 102 valence electrons. The van der Waals surface area contributed by atoms with Gasteiger partial charge in [-0.2, -0.15) is 0 Å². The monoisotopic (exact) mass is 340 g/mol. The molecular formula is C14H17BrN2OS. The molecule has 1 N–H and O–H groups in total. The van der Waals surface area contributed by atoms with Gasteiger partial charge in [-0.15, -0.1) is 11.3 Å². The molecule has 0 saturated carbocycles. The second-order valence-electron chi connectivity index (χ2n) is 4.37. The summed E-state index contributed by atoms with van der Waals surface area (Å²) in [4.78, 5) is 4.33. The van der Waals surface area contributed by atoms with E-state index in [1.165, 1.54) is 10.6 Å². The Morgan fingerprint density at radius 1 is 1.47 bits per heavy atom. The minimum absolute atomic E-state index is 0.446. The van der Waals surface area contributed by atoms with Crippen LogP contribution in [0.4, 0.5) is 0 Å². The van der Waals surface area contributed by atoms with Crippen LogP contribution < -0.4 is 10.1 Å². The predicted molar refractivity (Wildman–Crippen MR) is 82.9 cm³/mol. The second-order valence-corrected chi connectivity index (χ2v) is 6.15. The first-order valence-corrected chi connectivity index (χ1v) is 7.80. The third-order valence-corrected chi connectivity index (χ3v) is 4.50. The third kappa shape index (κ3) is 4.03. The molecule has 3 nitrogen and oxygen atoms in total. The average Bonchev–Trinajstić information content (AvgIpc) is 2.93. The largest absolute Gasteiger partial charge is 0.496 e. The molecule has 0 bridgehead atoms. The van der Waals surface area contributed by atoms with Crippen LogP contribution in [0.5, 0.6) is 5.75 Å². The van der Waals surface area contributed by atoms with Gasteiger partial charge in [-0.25, -0.2) is 4.98 Å². The minimum Gasteiger partial charge on any atom is -0.496 e. The smallest absolute Gasteiger partial charge is 0.133 e. The summed E-state index contributed by atoms with van der Waals surface area (Å²) < 4.78 is 6.21. The van der Waals surface area contributed by atoms with Crippen LogP contribution in [-0.2, 0) is 6.54 Å². The zero-order chi connectivity index (χ0) is 13.7. The number of thiazole rings is 1. The van der Waals surface area contributed by atoms with Gasteiger partial charge in [0.1, 0.15) is 5.75 Å². The highest BCUT2D eigenvalue weighted by Gasteiger charge is 2.07. The summed E-state index contributed by atoms with van der Waals surface area (Å²) in [6, 6.07) is 6.13. The van der Waals surface area contributed by atoms with Gasteiger partial charge in [0.15, 0.2) is 0 Å². The Hall–Kier alpha value is -0.910. The fourth-order valence-corrected chi connectivity index (χ4v) is 3.10. The van der Waals surface area contributed by atoms with Gasteiger partial charge in [-0.3, -0.25) is 0 Å². The zero-order valence-corrected chi connectivity index (χ0v) is 13.4. The first kappa shape index (κ1) is 14.5. The fourth-order valence-electron chi connectivity index (χ4n) is 1.82. The van der Waals surface area contributed by atoms with Gasteiger partial charge in [0.05, 0.1) is 16.6 Å². The van der Waals surface area contributed by atoms with Crippen LogP contribution in [0.1, 0.15) is 23.4 Å². The molecule has 2 aromatic rings. The van der Waals surface area contributed by atoms with E-state index >= 15 is 0 Å². The maximum Gasteiger partial charge on any atom is 0.133 e. The van der Waals surface area contributed by atoms with E-state index in [9.17, 15) is 0 Å². The van der Waals surface area contributed by atoms with Gasteiger partial charge in [0.2, 0.25) is 0 Å². The Morgan fingerprint density at radius 2 is 2.32 bits per heavy atom. The molecule has 0 radical (unpaired) electrons. The summed E-state index contributed by atoms with van der Waals surface area (Å²) in [7, 11) is 1.67. The third-order valence-electron chi connectivity index (χ3n) is 2.87. The van der Waals surface area contributed by atoms with E-state index in [-0.39, 0.29) is 0 Å². The van der Waals surface area contributed by atoms with E-state index in [1.807, 2.05) is 17.6 Å². The molecule has 0 spiro atoms. The van der Waals surface area contributed by atoms with Crippen LogP contribution >= 0.6 is 27.3 Å². The van der Waals surface area contributed by atoms with Gasteiger partial charge < -0.3 is 10.1 Å². The summed E-state index contributed by atoms with van der Waals surface area (Å²) >= 11 is 5.21. The van der Waals surface area contributed by atoms with Gasteiger partial charge in [-0.05, 0) is 33.6 Å². The first-order valence-electron chi connectivity index (χ1n) is 6.13. The lowest BCUT2D eigenvalue weighted by Gasteiger charge is -2.11. The van der Waals surface area contributed by atoms with Crippen LogP contribution in [0.15, 0.2) is 34.2 Å². The van der Waals surface area contributed by atoms with E-state index in [2.05, 4.69) is 45.3 Å². The number of rotatable bonds is 6. The summed E-state index contributed by atoms with van der Waals surface area (Å²) in [5, 5.41) is 6.66. The Labute approximate surface area is 126 Å². The van der Waals surface area contributed by atoms with Gasteiger partial charge in [0, 0.05) is 30.6 Å². The molecule has 1 aromatic carbocycles. The van der Waals surface area contributed by atoms with Crippen molar-refractivity contribution in [3.05, 3.63) is 44.8 Å². The average molecular weight is 341 g/mol. The number of aromatic nitrogens is 1. The molecule has 1 aromatic heterocycles. The quantitative estimate of drug-likeness (QED) is 0.868. The second kappa shape index (κ2) is 7.03. The van der Waals surface area contributed by atoms with Crippen LogP contribution in [-0.4, -0.2) is 18.6 Å². The van der Waals surface area contributed by atoms with Crippen molar-refractivity contribution in [1.82, 2.24) is 10.3 Å². The van der Waals surface area contributed by atoms with Crippen molar-refractivity contribution in [2.24, 2.45) is 0 Å². The number of hydrogen-bond donors (Lipinski definition) is 1. The number of methoxy groups -OCH3 is 1. The van der Waals surface area contributed by atoms with E-state index in [4.69, 9.17) is 4.74 Å². The maximum atomic E-state index is 5.22. The maximum absolute atomic E-state index is 5.22. The number of hydrogen-bond acceptors (Lipinski definition) is 4. The summed E-state index contributed by atoms with van der Waals surface area (Å²) in [5.41, 5.74) is 1.24. The molecule has 19 heavy (non-hydrogen) atoms. The SMILES string of the molecule is COc1ccc(CNCC(C)c2nccs2)cc1Br. The molecule has 0 amide bonds. The molecule has 0 saturated heterocycles. The highest BCUT2D eigenvalue weighted by atomic mass is 79.9. The van der Waals surface area contributed by atoms with Crippen LogP contribution in [0, 0.1) is 0 Å². The van der Waals surface area contributed by atoms with Gasteiger partial charge in [0.25, 0.3) is 0 Å². The van der Waals surface area contributed by atoms with Crippen molar-refractivity contribution < 1.29 is 4.74 Å². The lowest BCUT2D eigenvalue weighted by atomic mass is 10.1. The summed E-state index contributed by atoms with van der Waals surface area (Å²) in [6.45, 7) is 3.96. The number of nitrogens with one attached hydrogen (secondary N) is 1. The first-order chi connectivity index (χ1) is 9.20. The highest BCUT2D eigenvalue weighted by molar-refractivity contribution is 9.10. The van der Waals surface area contributed by atoms with E-state index in [0.29, 0.717) is 5.92 Å². The van der Waals surface area contributed by atoms with E-state index < -0.39 is 0 Å². The molecule has 5 heteroatoms. The van der Waals surface area contributed by atoms with E-state index in [1.54, 1.807) is 18.4 Å². The molecule has 0 aliphatic heterocycles. The lowest BCUT2D eigenvalue weighted by Crippen LogP contribution is -2.19. The predicted octanol–water partition coefficient (Wildman–Crippen LogP) is 3.81. The molecule has 1 atom stereocenters. The molecule has 1 heterocycles. The molecular weight excluding hydrogens is 324 g/mol. The topological polar surface area (TPSA) is 34.1 Å². The Balaban J connectivity index is 1.84. The Kier molecular flexibility index (Phi) is 5.36. The summed E-state index contributed by atoms with van der Waals surface area (Å²) in [6.07, 6.45) is 1.86. The number of nitrogens with zero attached hydrogens (tertiary/aromatic N) is 1. The minimum atomic E-state index is 0.446. The van der Waals surface area contributed by atoms with Crippen molar-refractivity contribution in [3.63, 3.8) is 0 Å². The molecule has 2 rings (SSSR count). The zero-order valence-electron chi connectivity index (χ0n) is 11.0. The van der Waals surface area contributed by atoms with Crippen molar-refractivity contribution >= 4 is 27.3 Å². The number of benzene rings is 1. The Bertz CT molecular complexity index is 516. The highest BCUT2D eigenvalue weighted by Crippen LogP contribution is 2.25. The molecule has 0 aliphatic rings. The van der Waals surface area contributed by atoms with Crippen molar-refractivity contribution in [2.45, 2.75) is 19.4 Å². The van der Waals surface area contributed by atoms with Crippen molar-refractivity contribution in [2.75, 3.05) is 13.7 Å². The van der Waals surface area contributed by atoms with E-state index in [0.717, 1.165) is 23.3 Å². The van der Waals surface area contributed by atoms with Crippen LogP contribution in [0.2, 0.25) is 0 Å². The van der Waals surface area contributed by atoms with Gasteiger partial charge in [-0.1, -0.05) is 13.0 Å². The fraction of sp³-hybridized carbons (Fsp3) is 0.357. The molecule has 1 unspecified atom stereocenters. The number of ether oxygens (including phenoxy) is 1. The lowest BCUT2D eigenvalue weighted by molar-refractivity contribution is 0.412. The normalized spacial score (nSPS) is 12.4.